The SMILES string of the molecule is COC(=O)CCN(C)Cc1ccc(Br)cn1. The first-order valence-corrected chi connectivity index (χ1v) is 5.77. The molecule has 1 aromatic rings. The zero-order valence-electron chi connectivity index (χ0n) is 9.44. The van der Waals surface area contributed by atoms with E-state index >= 15 is 0 Å². The Labute approximate surface area is 104 Å². The zero-order chi connectivity index (χ0) is 12.0. The van der Waals surface area contributed by atoms with Gasteiger partial charge in [-0.2, -0.15) is 0 Å². The summed E-state index contributed by atoms with van der Waals surface area (Å²) >= 11 is 3.33. The van der Waals surface area contributed by atoms with Crippen molar-refractivity contribution in [2.75, 3.05) is 20.7 Å². The Bertz CT molecular complexity index is 340. The standard InChI is InChI=1S/C11H15BrN2O2/c1-14(6-5-11(15)16-2)8-10-4-3-9(12)7-13-10/h3-4,7H,5-6,8H2,1-2H3. The van der Waals surface area contributed by atoms with Gasteiger partial charge in [0.25, 0.3) is 0 Å². The summed E-state index contributed by atoms with van der Waals surface area (Å²) in [6.07, 6.45) is 2.17. The van der Waals surface area contributed by atoms with Crippen molar-refractivity contribution in [3.8, 4) is 0 Å². The van der Waals surface area contributed by atoms with Crippen LogP contribution in [0.25, 0.3) is 0 Å². The molecule has 0 aliphatic heterocycles. The number of esters is 1. The maximum atomic E-state index is 10.9. The minimum atomic E-state index is -0.185. The molecule has 0 spiro atoms. The van der Waals surface area contributed by atoms with Crippen LogP contribution in [0, 0.1) is 0 Å². The minimum Gasteiger partial charge on any atom is -0.469 e. The summed E-state index contributed by atoms with van der Waals surface area (Å²) in [6.45, 7) is 1.40. The third kappa shape index (κ3) is 4.72. The van der Waals surface area contributed by atoms with Crippen LogP contribution in [-0.4, -0.2) is 36.6 Å². The van der Waals surface area contributed by atoms with Gasteiger partial charge in [0.05, 0.1) is 19.2 Å². The van der Waals surface area contributed by atoms with Gasteiger partial charge in [-0.15, -0.1) is 0 Å². The first-order chi connectivity index (χ1) is 7.61. The van der Waals surface area contributed by atoms with Crippen molar-refractivity contribution in [1.29, 1.82) is 0 Å². The number of ether oxygens (including phenoxy) is 1. The lowest BCUT2D eigenvalue weighted by Gasteiger charge is -2.15. The quantitative estimate of drug-likeness (QED) is 0.775. The van der Waals surface area contributed by atoms with E-state index in [1.807, 2.05) is 24.1 Å². The number of halogens is 1. The highest BCUT2D eigenvalue weighted by Crippen LogP contribution is 2.08. The summed E-state index contributed by atoms with van der Waals surface area (Å²) in [7, 11) is 3.35. The molecule has 1 aromatic heterocycles. The van der Waals surface area contributed by atoms with Crippen molar-refractivity contribution in [3.05, 3.63) is 28.5 Å². The second-order valence-electron chi connectivity index (χ2n) is 3.53. The van der Waals surface area contributed by atoms with Gasteiger partial charge < -0.3 is 4.74 Å². The normalized spacial score (nSPS) is 10.5. The number of methoxy groups -OCH3 is 1. The summed E-state index contributed by atoms with van der Waals surface area (Å²) in [5, 5.41) is 0. The first kappa shape index (κ1) is 13.1. The van der Waals surface area contributed by atoms with Gasteiger partial charge >= 0.3 is 5.97 Å². The highest BCUT2D eigenvalue weighted by Gasteiger charge is 2.05. The monoisotopic (exact) mass is 286 g/mol. The zero-order valence-corrected chi connectivity index (χ0v) is 11.0. The van der Waals surface area contributed by atoms with Crippen LogP contribution in [0.5, 0.6) is 0 Å². The predicted octanol–water partition coefficient (Wildman–Crippen LogP) is 1.84. The van der Waals surface area contributed by atoms with Gasteiger partial charge in [-0.1, -0.05) is 0 Å². The Hall–Kier alpha value is -0.940. The molecule has 0 fully saturated rings. The molecule has 1 rings (SSSR count). The molecule has 0 amide bonds. The Morgan fingerprint density at radius 2 is 2.31 bits per heavy atom. The third-order valence-corrected chi connectivity index (χ3v) is 2.61. The Morgan fingerprint density at radius 1 is 1.56 bits per heavy atom. The summed E-state index contributed by atoms with van der Waals surface area (Å²) in [4.78, 5) is 17.2. The van der Waals surface area contributed by atoms with E-state index in [-0.39, 0.29) is 5.97 Å². The van der Waals surface area contributed by atoms with Crippen molar-refractivity contribution < 1.29 is 9.53 Å². The second-order valence-corrected chi connectivity index (χ2v) is 4.45. The van der Waals surface area contributed by atoms with Gasteiger partial charge in [-0.25, -0.2) is 0 Å². The molecule has 16 heavy (non-hydrogen) atoms. The summed E-state index contributed by atoms with van der Waals surface area (Å²) in [5.41, 5.74) is 0.982. The van der Waals surface area contributed by atoms with E-state index in [0.29, 0.717) is 13.0 Å². The summed E-state index contributed by atoms with van der Waals surface area (Å²) in [6, 6.07) is 3.91. The average molecular weight is 287 g/mol. The predicted molar refractivity (Wildman–Crippen MR) is 64.9 cm³/mol. The van der Waals surface area contributed by atoms with Crippen LogP contribution in [0.4, 0.5) is 0 Å². The number of pyridine rings is 1. The largest absolute Gasteiger partial charge is 0.469 e. The van der Waals surface area contributed by atoms with Crippen LogP contribution in [-0.2, 0) is 16.1 Å². The molecule has 0 aliphatic rings. The molecule has 0 saturated heterocycles. The van der Waals surface area contributed by atoms with Crippen molar-refractivity contribution in [3.63, 3.8) is 0 Å². The maximum absolute atomic E-state index is 10.9. The van der Waals surface area contributed by atoms with Crippen LogP contribution in [0.1, 0.15) is 12.1 Å². The van der Waals surface area contributed by atoms with Crippen LogP contribution in [0.2, 0.25) is 0 Å². The number of hydrogen-bond acceptors (Lipinski definition) is 4. The van der Waals surface area contributed by atoms with Gasteiger partial charge in [0.1, 0.15) is 0 Å². The van der Waals surface area contributed by atoms with Crippen LogP contribution in [0.3, 0.4) is 0 Å². The highest BCUT2D eigenvalue weighted by molar-refractivity contribution is 9.10. The minimum absolute atomic E-state index is 0.185. The molecule has 88 valence electrons. The smallest absolute Gasteiger partial charge is 0.306 e. The van der Waals surface area contributed by atoms with Crippen LogP contribution in [0.15, 0.2) is 22.8 Å². The van der Waals surface area contributed by atoms with Crippen LogP contribution >= 0.6 is 15.9 Å². The molecule has 0 radical (unpaired) electrons. The number of hydrogen-bond donors (Lipinski definition) is 0. The number of rotatable bonds is 5. The lowest BCUT2D eigenvalue weighted by Crippen LogP contribution is -2.22. The van der Waals surface area contributed by atoms with E-state index in [1.165, 1.54) is 7.11 Å². The topological polar surface area (TPSA) is 42.4 Å². The molecule has 1 heterocycles. The second kappa shape index (κ2) is 6.60. The van der Waals surface area contributed by atoms with Gasteiger partial charge in [0.15, 0.2) is 0 Å². The Balaban J connectivity index is 2.36. The molecular weight excluding hydrogens is 272 g/mol. The molecule has 4 nitrogen and oxygen atoms in total. The Morgan fingerprint density at radius 3 is 2.88 bits per heavy atom. The molecule has 0 saturated carbocycles. The first-order valence-electron chi connectivity index (χ1n) is 4.97. The lowest BCUT2D eigenvalue weighted by atomic mass is 10.3. The number of nitrogens with zero attached hydrogens (tertiary/aromatic N) is 2. The van der Waals surface area contributed by atoms with Gasteiger partial charge in [-0.3, -0.25) is 14.7 Å². The van der Waals surface area contributed by atoms with E-state index in [2.05, 4.69) is 25.7 Å². The fourth-order valence-corrected chi connectivity index (χ4v) is 1.47. The van der Waals surface area contributed by atoms with E-state index in [4.69, 9.17) is 0 Å². The summed E-state index contributed by atoms with van der Waals surface area (Å²) in [5.74, 6) is -0.185. The van der Waals surface area contributed by atoms with Crippen molar-refractivity contribution >= 4 is 21.9 Å². The fourth-order valence-electron chi connectivity index (χ4n) is 1.24. The molecule has 0 aliphatic carbocycles. The molecule has 5 heteroatoms. The van der Waals surface area contributed by atoms with Crippen molar-refractivity contribution in [2.45, 2.75) is 13.0 Å². The van der Waals surface area contributed by atoms with E-state index < -0.39 is 0 Å². The average Bonchev–Trinajstić information content (AvgIpc) is 2.29. The van der Waals surface area contributed by atoms with Gasteiger partial charge in [-0.05, 0) is 35.1 Å². The molecule has 0 bridgehead atoms. The highest BCUT2D eigenvalue weighted by atomic mass is 79.9. The van der Waals surface area contributed by atoms with Crippen molar-refractivity contribution in [1.82, 2.24) is 9.88 Å². The van der Waals surface area contributed by atoms with Crippen molar-refractivity contribution in [2.24, 2.45) is 0 Å². The van der Waals surface area contributed by atoms with Crippen LogP contribution < -0.4 is 0 Å². The Kier molecular flexibility index (Phi) is 5.42. The molecule has 0 atom stereocenters. The maximum Gasteiger partial charge on any atom is 0.306 e. The number of carbonyl (C=O) groups excluding carboxylic acids is 1. The molecule has 0 N–H and O–H groups in total. The summed E-state index contributed by atoms with van der Waals surface area (Å²) < 4.78 is 5.55. The fraction of sp³-hybridized carbons (Fsp3) is 0.455. The molecule has 0 unspecified atom stereocenters. The van der Waals surface area contributed by atoms with E-state index in [9.17, 15) is 4.79 Å². The molecular formula is C11H15BrN2O2. The van der Waals surface area contributed by atoms with Gasteiger partial charge in [0, 0.05) is 23.8 Å². The van der Waals surface area contributed by atoms with Gasteiger partial charge in [0.2, 0.25) is 0 Å². The lowest BCUT2D eigenvalue weighted by molar-refractivity contribution is -0.140. The molecule has 0 aromatic carbocycles. The third-order valence-electron chi connectivity index (χ3n) is 2.15. The van der Waals surface area contributed by atoms with E-state index in [0.717, 1.165) is 16.7 Å². The number of carbonyl (C=O) groups is 1. The van der Waals surface area contributed by atoms with E-state index in [1.54, 1.807) is 6.20 Å². The number of aromatic nitrogens is 1.